The van der Waals surface area contributed by atoms with E-state index in [1.54, 1.807) is 18.2 Å². The van der Waals surface area contributed by atoms with Crippen molar-refractivity contribution in [1.29, 1.82) is 0 Å². The lowest BCUT2D eigenvalue weighted by atomic mass is 10.3. The molecule has 2 aromatic heterocycles. The third-order valence-electron chi connectivity index (χ3n) is 2.09. The van der Waals surface area contributed by atoms with Crippen LogP contribution in [0.3, 0.4) is 0 Å². The Balaban J connectivity index is 2.17. The van der Waals surface area contributed by atoms with Crippen molar-refractivity contribution in [2.45, 2.75) is 0 Å². The minimum atomic E-state index is -0.772. The molecule has 0 aromatic carbocycles. The summed E-state index contributed by atoms with van der Waals surface area (Å²) >= 11 is 0. The molecule has 3 N–H and O–H groups in total. The van der Waals surface area contributed by atoms with Gasteiger partial charge >= 0.3 is 0 Å². The Kier molecular flexibility index (Phi) is 3.29. The number of primary amides is 1. The summed E-state index contributed by atoms with van der Waals surface area (Å²) in [5.74, 6) is -0.840. The number of hydrogen-bond acceptors (Lipinski definition) is 4. The summed E-state index contributed by atoms with van der Waals surface area (Å²) in [6.07, 6.45) is 4.14. The van der Waals surface area contributed by atoms with Crippen molar-refractivity contribution in [3.05, 3.63) is 54.0 Å². The number of hydrogen-bond donors (Lipinski definition) is 2. The minimum absolute atomic E-state index is 0.0775. The van der Waals surface area contributed by atoms with Gasteiger partial charge in [-0.05, 0) is 24.3 Å². The Bertz CT molecular complexity index is 567. The first kappa shape index (κ1) is 11.7. The lowest BCUT2D eigenvalue weighted by Crippen LogP contribution is -2.30. The van der Waals surface area contributed by atoms with Crippen LogP contribution in [0, 0.1) is 0 Å². The molecule has 0 aliphatic heterocycles. The molecule has 0 unspecified atom stereocenters. The number of furan rings is 2. The molecule has 0 saturated heterocycles. The van der Waals surface area contributed by atoms with Crippen LogP contribution in [-0.2, 0) is 4.79 Å². The number of nitrogens with two attached hydrogens (primary N) is 1. The second-order valence-electron chi connectivity index (χ2n) is 3.37. The minimum Gasteiger partial charge on any atom is -0.465 e. The van der Waals surface area contributed by atoms with E-state index in [1.165, 1.54) is 24.7 Å². The summed E-state index contributed by atoms with van der Waals surface area (Å²) in [7, 11) is 0. The molecule has 0 fully saturated rings. The SMILES string of the molecule is NC(=O)/C(=C/c1ccco1)NC(=O)c1ccco1. The first-order chi connectivity index (χ1) is 8.66. The summed E-state index contributed by atoms with van der Waals surface area (Å²) in [6.45, 7) is 0. The van der Waals surface area contributed by atoms with E-state index >= 15 is 0 Å². The fourth-order valence-corrected chi connectivity index (χ4v) is 1.28. The van der Waals surface area contributed by atoms with E-state index in [4.69, 9.17) is 14.6 Å². The fraction of sp³-hybridized carbons (Fsp3) is 0. The molecular formula is C12H10N2O4. The molecule has 92 valence electrons. The summed E-state index contributed by atoms with van der Waals surface area (Å²) in [5.41, 5.74) is 5.08. The van der Waals surface area contributed by atoms with E-state index in [0.29, 0.717) is 5.76 Å². The van der Waals surface area contributed by atoms with Gasteiger partial charge in [0, 0.05) is 6.08 Å². The maximum absolute atomic E-state index is 11.7. The van der Waals surface area contributed by atoms with Crippen molar-refractivity contribution >= 4 is 17.9 Å². The quantitative estimate of drug-likeness (QED) is 0.790. The zero-order valence-electron chi connectivity index (χ0n) is 9.25. The van der Waals surface area contributed by atoms with Gasteiger partial charge in [0.2, 0.25) is 0 Å². The maximum Gasteiger partial charge on any atom is 0.291 e. The highest BCUT2D eigenvalue weighted by molar-refractivity contribution is 6.03. The lowest BCUT2D eigenvalue weighted by Gasteiger charge is -2.03. The molecular weight excluding hydrogens is 236 g/mol. The topological polar surface area (TPSA) is 98.5 Å². The Morgan fingerprint density at radius 2 is 1.89 bits per heavy atom. The fourth-order valence-electron chi connectivity index (χ4n) is 1.28. The molecule has 2 rings (SSSR count). The average molecular weight is 246 g/mol. The number of amides is 2. The van der Waals surface area contributed by atoms with E-state index in [2.05, 4.69) is 5.32 Å². The van der Waals surface area contributed by atoms with Crippen LogP contribution in [0.4, 0.5) is 0 Å². The molecule has 0 spiro atoms. The highest BCUT2D eigenvalue weighted by Crippen LogP contribution is 2.07. The molecule has 2 aromatic rings. The molecule has 0 bridgehead atoms. The van der Waals surface area contributed by atoms with Gasteiger partial charge in [0.25, 0.3) is 11.8 Å². The van der Waals surface area contributed by atoms with Gasteiger partial charge in [0.1, 0.15) is 11.5 Å². The largest absolute Gasteiger partial charge is 0.465 e. The van der Waals surface area contributed by atoms with Gasteiger partial charge in [-0.2, -0.15) is 0 Å². The van der Waals surface area contributed by atoms with Crippen LogP contribution in [-0.4, -0.2) is 11.8 Å². The van der Waals surface area contributed by atoms with Gasteiger partial charge in [0.05, 0.1) is 12.5 Å². The monoisotopic (exact) mass is 246 g/mol. The van der Waals surface area contributed by atoms with Gasteiger partial charge in [-0.15, -0.1) is 0 Å². The zero-order valence-corrected chi connectivity index (χ0v) is 9.25. The zero-order chi connectivity index (χ0) is 13.0. The molecule has 0 aliphatic rings. The third-order valence-corrected chi connectivity index (χ3v) is 2.09. The molecule has 0 saturated carbocycles. The Morgan fingerprint density at radius 3 is 2.44 bits per heavy atom. The van der Waals surface area contributed by atoms with E-state index in [-0.39, 0.29) is 11.5 Å². The first-order valence-corrected chi connectivity index (χ1v) is 5.06. The smallest absolute Gasteiger partial charge is 0.291 e. The number of carbonyl (C=O) groups is 2. The van der Waals surface area contributed by atoms with Crippen molar-refractivity contribution in [1.82, 2.24) is 5.32 Å². The van der Waals surface area contributed by atoms with E-state index < -0.39 is 11.8 Å². The third kappa shape index (κ3) is 2.67. The predicted octanol–water partition coefficient (Wildman–Crippen LogP) is 1.13. The highest BCUT2D eigenvalue weighted by Gasteiger charge is 2.14. The van der Waals surface area contributed by atoms with E-state index in [1.807, 2.05) is 0 Å². The molecule has 0 aliphatic carbocycles. The highest BCUT2D eigenvalue weighted by atomic mass is 16.3. The summed E-state index contributed by atoms with van der Waals surface area (Å²) in [5, 5.41) is 2.35. The van der Waals surface area contributed by atoms with Crippen molar-refractivity contribution in [2.75, 3.05) is 0 Å². The summed E-state index contributed by atoms with van der Waals surface area (Å²) in [6, 6.07) is 6.32. The molecule has 0 radical (unpaired) electrons. The second-order valence-corrected chi connectivity index (χ2v) is 3.37. The molecule has 0 atom stereocenters. The van der Waals surface area contributed by atoms with Gasteiger partial charge < -0.3 is 19.9 Å². The van der Waals surface area contributed by atoms with Crippen LogP contribution in [0.5, 0.6) is 0 Å². The lowest BCUT2D eigenvalue weighted by molar-refractivity contribution is -0.114. The Hall–Kier alpha value is -2.76. The van der Waals surface area contributed by atoms with Gasteiger partial charge in [-0.3, -0.25) is 9.59 Å². The van der Waals surface area contributed by atoms with Crippen LogP contribution in [0.25, 0.3) is 6.08 Å². The molecule has 2 heterocycles. The van der Waals surface area contributed by atoms with Crippen molar-refractivity contribution < 1.29 is 18.4 Å². The van der Waals surface area contributed by atoms with E-state index in [0.717, 1.165) is 0 Å². The second kappa shape index (κ2) is 5.05. The van der Waals surface area contributed by atoms with Gasteiger partial charge in [-0.1, -0.05) is 0 Å². The number of nitrogens with one attached hydrogen (secondary N) is 1. The normalized spacial score (nSPS) is 11.2. The first-order valence-electron chi connectivity index (χ1n) is 5.06. The van der Waals surface area contributed by atoms with Gasteiger partial charge in [0.15, 0.2) is 5.76 Å². The van der Waals surface area contributed by atoms with Crippen LogP contribution in [0.15, 0.2) is 51.3 Å². The summed E-state index contributed by atoms with van der Waals surface area (Å²) in [4.78, 5) is 22.9. The molecule has 18 heavy (non-hydrogen) atoms. The maximum atomic E-state index is 11.7. The number of carbonyl (C=O) groups excluding carboxylic acids is 2. The standard InChI is InChI=1S/C12H10N2O4/c13-11(15)9(7-8-3-1-5-17-8)14-12(16)10-4-2-6-18-10/h1-7H,(H2,13,15)(H,14,16)/b9-7-. The Morgan fingerprint density at radius 1 is 1.17 bits per heavy atom. The Labute approximate surface area is 102 Å². The van der Waals surface area contributed by atoms with Crippen molar-refractivity contribution in [3.8, 4) is 0 Å². The molecule has 2 amide bonds. The molecule has 6 heteroatoms. The van der Waals surface area contributed by atoms with Crippen molar-refractivity contribution in [2.24, 2.45) is 5.73 Å². The van der Waals surface area contributed by atoms with Crippen LogP contribution >= 0.6 is 0 Å². The van der Waals surface area contributed by atoms with Crippen LogP contribution in [0.1, 0.15) is 16.3 Å². The number of rotatable bonds is 4. The molecule has 6 nitrogen and oxygen atoms in total. The van der Waals surface area contributed by atoms with Gasteiger partial charge in [-0.25, -0.2) is 0 Å². The predicted molar refractivity (Wildman–Crippen MR) is 62.1 cm³/mol. The van der Waals surface area contributed by atoms with Crippen molar-refractivity contribution in [3.63, 3.8) is 0 Å². The average Bonchev–Trinajstić information content (AvgIpc) is 3.00. The summed E-state index contributed by atoms with van der Waals surface area (Å²) < 4.78 is 9.92. The van der Waals surface area contributed by atoms with Crippen LogP contribution in [0.2, 0.25) is 0 Å². The van der Waals surface area contributed by atoms with E-state index in [9.17, 15) is 9.59 Å². The van der Waals surface area contributed by atoms with Crippen LogP contribution < -0.4 is 11.1 Å².